The highest BCUT2D eigenvalue weighted by molar-refractivity contribution is 7.89. The summed E-state index contributed by atoms with van der Waals surface area (Å²) in [6.45, 7) is 2.43. The number of ether oxygens (including phenoxy) is 1. The first kappa shape index (κ1) is 15.9. The number of carboxylic acids is 1. The van der Waals surface area contributed by atoms with Crippen molar-refractivity contribution >= 4 is 16.0 Å². The number of benzene rings is 1. The average molecular weight is 313 g/mol. The Kier molecular flexibility index (Phi) is 4.65. The molecule has 1 saturated heterocycles. The molecular formula is C14H19NO5S. The fraction of sp³-hybridized carbons (Fsp3) is 0.500. The maximum atomic E-state index is 12.4. The lowest BCUT2D eigenvalue weighted by atomic mass is 9.92. The molecule has 7 heteroatoms. The van der Waals surface area contributed by atoms with E-state index in [4.69, 9.17) is 4.74 Å². The quantitative estimate of drug-likeness (QED) is 0.851. The number of aliphatic carboxylic acids is 1. The van der Waals surface area contributed by atoms with Crippen LogP contribution in [0.3, 0.4) is 0 Å². The Balaban J connectivity index is 2.27. The van der Waals surface area contributed by atoms with Gasteiger partial charge in [0.05, 0.1) is 4.90 Å². The normalized spacial score (nSPS) is 18.3. The molecule has 0 amide bonds. The van der Waals surface area contributed by atoms with Crippen molar-refractivity contribution in [2.45, 2.75) is 36.6 Å². The number of hydrogen-bond acceptors (Lipinski definition) is 4. The Morgan fingerprint density at radius 3 is 2.33 bits per heavy atom. The minimum Gasteiger partial charge on any atom is -0.480 e. The molecule has 0 radical (unpaired) electrons. The second-order valence-corrected chi connectivity index (χ2v) is 6.79. The Labute approximate surface area is 124 Å². The molecule has 0 aromatic heterocycles. The highest BCUT2D eigenvalue weighted by Crippen LogP contribution is 2.24. The van der Waals surface area contributed by atoms with Crippen LogP contribution in [0.25, 0.3) is 0 Å². The zero-order valence-electron chi connectivity index (χ0n) is 11.8. The van der Waals surface area contributed by atoms with Gasteiger partial charge in [-0.1, -0.05) is 19.1 Å². The van der Waals surface area contributed by atoms with Crippen molar-refractivity contribution in [3.05, 3.63) is 29.8 Å². The minimum absolute atomic E-state index is 0.0758. The van der Waals surface area contributed by atoms with Crippen LogP contribution >= 0.6 is 0 Å². The van der Waals surface area contributed by atoms with Gasteiger partial charge in [-0.2, -0.15) is 4.72 Å². The third-order valence-corrected chi connectivity index (χ3v) is 5.28. The van der Waals surface area contributed by atoms with Gasteiger partial charge >= 0.3 is 5.97 Å². The summed E-state index contributed by atoms with van der Waals surface area (Å²) in [5, 5.41) is 9.40. The number of carbonyl (C=O) groups is 1. The number of sulfonamides is 1. The maximum Gasteiger partial charge on any atom is 0.325 e. The summed E-state index contributed by atoms with van der Waals surface area (Å²) in [5.41, 5.74) is -0.464. The van der Waals surface area contributed by atoms with Crippen LogP contribution in [0.2, 0.25) is 0 Å². The molecule has 2 rings (SSSR count). The van der Waals surface area contributed by atoms with Gasteiger partial charge in [0.1, 0.15) is 5.54 Å². The van der Waals surface area contributed by atoms with Crippen molar-refractivity contribution in [1.29, 1.82) is 0 Å². The van der Waals surface area contributed by atoms with Crippen LogP contribution in [0.5, 0.6) is 0 Å². The van der Waals surface area contributed by atoms with Crippen LogP contribution in [-0.2, 0) is 26.0 Å². The van der Waals surface area contributed by atoms with Crippen LogP contribution in [-0.4, -0.2) is 38.2 Å². The van der Waals surface area contributed by atoms with Crippen LogP contribution in [0.15, 0.2) is 29.2 Å². The second kappa shape index (κ2) is 6.13. The topological polar surface area (TPSA) is 92.7 Å². The van der Waals surface area contributed by atoms with E-state index in [2.05, 4.69) is 4.72 Å². The molecule has 1 aliphatic rings. The molecule has 21 heavy (non-hydrogen) atoms. The monoisotopic (exact) mass is 313 g/mol. The Hall–Kier alpha value is -1.44. The number of nitrogens with one attached hydrogen (secondary N) is 1. The molecule has 2 N–H and O–H groups in total. The summed E-state index contributed by atoms with van der Waals surface area (Å²) in [4.78, 5) is 11.6. The van der Waals surface area contributed by atoms with E-state index in [-0.39, 0.29) is 31.0 Å². The van der Waals surface area contributed by atoms with Gasteiger partial charge in [-0.3, -0.25) is 4.79 Å². The zero-order valence-corrected chi connectivity index (χ0v) is 12.6. The fourth-order valence-corrected chi connectivity index (χ4v) is 3.72. The number of rotatable bonds is 5. The maximum absolute atomic E-state index is 12.4. The summed E-state index contributed by atoms with van der Waals surface area (Å²) >= 11 is 0. The first-order valence-corrected chi connectivity index (χ1v) is 8.32. The molecule has 116 valence electrons. The highest BCUT2D eigenvalue weighted by Gasteiger charge is 2.43. The molecule has 0 bridgehead atoms. The lowest BCUT2D eigenvalue weighted by Gasteiger charge is -2.33. The first-order chi connectivity index (χ1) is 9.89. The molecule has 1 aromatic rings. The second-order valence-electron chi connectivity index (χ2n) is 5.10. The smallest absolute Gasteiger partial charge is 0.325 e. The summed E-state index contributed by atoms with van der Waals surface area (Å²) in [7, 11) is -3.87. The van der Waals surface area contributed by atoms with E-state index in [9.17, 15) is 18.3 Å². The summed E-state index contributed by atoms with van der Waals surface area (Å²) in [6.07, 6.45) is 1.05. The van der Waals surface area contributed by atoms with Crippen LogP contribution in [0, 0.1) is 0 Å². The number of hydrogen-bond donors (Lipinski definition) is 2. The van der Waals surface area contributed by atoms with E-state index >= 15 is 0 Å². The summed E-state index contributed by atoms with van der Waals surface area (Å²) in [5.74, 6) is -1.17. The predicted octanol–water partition coefficient (Wildman–Crippen LogP) is 1.16. The van der Waals surface area contributed by atoms with Crippen LogP contribution in [0.1, 0.15) is 25.3 Å². The largest absolute Gasteiger partial charge is 0.480 e. The lowest BCUT2D eigenvalue weighted by molar-refractivity contribution is -0.147. The fourth-order valence-electron chi connectivity index (χ4n) is 2.30. The van der Waals surface area contributed by atoms with E-state index < -0.39 is 21.5 Å². The molecule has 0 spiro atoms. The van der Waals surface area contributed by atoms with Crippen molar-refractivity contribution in [3.63, 3.8) is 0 Å². The van der Waals surface area contributed by atoms with Crippen molar-refractivity contribution in [1.82, 2.24) is 4.72 Å². The third-order valence-electron chi connectivity index (χ3n) is 3.73. The van der Waals surface area contributed by atoms with Gasteiger partial charge in [-0.05, 0) is 24.1 Å². The number of carboxylic acid groups (broad SMARTS) is 1. The minimum atomic E-state index is -3.87. The van der Waals surface area contributed by atoms with E-state index in [1.54, 1.807) is 12.1 Å². The molecule has 6 nitrogen and oxygen atoms in total. The molecule has 1 aromatic carbocycles. The molecule has 0 saturated carbocycles. The highest BCUT2D eigenvalue weighted by atomic mass is 32.2. The van der Waals surface area contributed by atoms with Crippen molar-refractivity contribution in [3.8, 4) is 0 Å². The third kappa shape index (κ3) is 3.42. The van der Waals surface area contributed by atoms with Gasteiger partial charge in [-0.15, -0.1) is 0 Å². The number of aryl methyl sites for hydroxylation is 1. The first-order valence-electron chi connectivity index (χ1n) is 6.84. The van der Waals surface area contributed by atoms with Crippen molar-refractivity contribution in [2.24, 2.45) is 0 Å². The van der Waals surface area contributed by atoms with Crippen molar-refractivity contribution in [2.75, 3.05) is 13.2 Å². The van der Waals surface area contributed by atoms with E-state index in [0.717, 1.165) is 12.0 Å². The molecule has 1 heterocycles. The lowest BCUT2D eigenvalue weighted by Crippen LogP contribution is -2.57. The van der Waals surface area contributed by atoms with Crippen LogP contribution < -0.4 is 4.72 Å². The standard InChI is InChI=1S/C14H19NO5S/c1-2-11-3-5-12(6-4-11)21(18,19)15-14(13(16)17)7-9-20-10-8-14/h3-6,15H,2,7-10H2,1H3,(H,16,17). The van der Waals surface area contributed by atoms with E-state index in [1.165, 1.54) is 12.1 Å². The molecular weight excluding hydrogens is 294 g/mol. The summed E-state index contributed by atoms with van der Waals surface area (Å²) in [6, 6.07) is 6.45. The van der Waals surface area contributed by atoms with Gasteiger partial charge in [0.2, 0.25) is 10.0 Å². The van der Waals surface area contributed by atoms with Gasteiger partial charge in [0.25, 0.3) is 0 Å². The molecule has 0 aliphatic carbocycles. The van der Waals surface area contributed by atoms with Crippen molar-refractivity contribution < 1.29 is 23.1 Å². The molecule has 1 fully saturated rings. The predicted molar refractivity (Wildman–Crippen MR) is 76.6 cm³/mol. The average Bonchev–Trinajstić information content (AvgIpc) is 2.47. The molecule has 1 aliphatic heterocycles. The van der Waals surface area contributed by atoms with E-state index in [0.29, 0.717) is 0 Å². The Morgan fingerprint density at radius 1 is 1.29 bits per heavy atom. The molecule has 0 atom stereocenters. The Morgan fingerprint density at radius 2 is 1.86 bits per heavy atom. The zero-order chi connectivity index (χ0) is 15.5. The van der Waals surface area contributed by atoms with Gasteiger partial charge < -0.3 is 9.84 Å². The van der Waals surface area contributed by atoms with Gasteiger partial charge in [0.15, 0.2) is 0 Å². The van der Waals surface area contributed by atoms with Gasteiger partial charge in [-0.25, -0.2) is 8.42 Å². The van der Waals surface area contributed by atoms with Crippen LogP contribution in [0.4, 0.5) is 0 Å². The van der Waals surface area contributed by atoms with Gasteiger partial charge in [0, 0.05) is 26.1 Å². The molecule has 0 unspecified atom stereocenters. The van der Waals surface area contributed by atoms with E-state index in [1.807, 2.05) is 6.92 Å². The SMILES string of the molecule is CCc1ccc(S(=O)(=O)NC2(C(=O)O)CCOCC2)cc1. The Bertz CT molecular complexity index is 603. The summed E-state index contributed by atoms with van der Waals surface area (Å²) < 4.78 is 32.3.